The average Bonchev–Trinajstić information content (AvgIpc) is 2.72. The van der Waals surface area contributed by atoms with Gasteiger partial charge in [-0.25, -0.2) is 0 Å². The molecule has 1 atom stereocenters. The first kappa shape index (κ1) is 12.8. The van der Waals surface area contributed by atoms with Crippen molar-refractivity contribution in [2.24, 2.45) is 0 Å². The van der Waals surface area contributed by atoms with Crippen LogP contribution in [0.5, 0.6) is 0 Å². The zero-order valence-corrected chi connectivity index (χ0v) is 10.9. The van der Waals surface area contributed by atoms with E-state index in [0.29, 0.717) is 16.7 Å². The summed E-state index contributed by atoms with van der Waals surface area (Å²) in [5.41, 5.74) is 0.140. The second kappa shape index (κ2) is 4.74. The van der Waals surface area contributed by atoms with Crippen LogP contribution in [0.15, 0.2) is 54.6 Å². The lowest BCUT2D eigenvalue weighted by molar-refractivity contribution is -0.0549. The molecule has 0 radical (unpaired) electrons. The summed E-state index contributed by atoms with van der Waals surface area (Å²) in [5, 5.41) is 20.4. The highest BCUT2D eigenvalue weighted by molar-refractivity contribution is 6.00. The van der Waals surface area contributed by atoms with Crippen molar-refractivity contribution in [2.45, 2.75) is 5.72 Å². The number of carbonyl (C=O) groups excluding carboxylic acids is 1. The maximum atomic E-state index is 12.4. The van der Waals surface area contributed by atoms with Crippen LogP contribution in [-0.4, -0.2) is 34.2 Å². The lowest BCUT2D eigenvalue weighted by Gasteiger charge is -2.34. The van der Waals surface area contributed by atoms with Gasteiger partial charge in [-0.1, -0.05) is 48.5 Å². The number of benzene rings is 2. The fourth-order valence-electron chi connectivity index (χ4n) is 2.76. The molecule has 0 aliphatic carbocycles. The molecule has 2 aromatic carbocycles. The van der Waals surface area contributed by atoms with Crippen LogP contribution in [0.4, 0.5) is 0 Å². The Morgan fingerprint density at radius 1 is 1.00 bits per heavy atom. The summed E-state index contributed by atoms with van der Waals surface area (Å²) < 4.78 is 0. The molecule has 0 fully saturated rings. The molecule has 2 N–H and O–H groups in total. The van der Waals surface area contributed by atoms with Crippen molar-refractivity contribution in [3.63, 3.8) is 0 Å². The van der Waals surface area contributed by atoms with Crippen LogP contribution < -0.4 is 0 Å². The average molecular weight is 269 g/mol. The number of carbonyl (C=O) groups is 1. The highest BCUT2D eigenvalue weighted by Crippen LogP contribution is 2.41. The number of hydrogen-bond donors (Lipinski definition) is 2. The fraction of sp³-hybridized carbons (Fsp3) is 0.188. The van der Waals surface area contributed by atoms with Crippen molar-refractivity contribution in [3.8, 4) is 0 Å². The third kappa shape index (κ3) is 1.66. The van der Waals surface area contributed by atoms with Gasteiger partial charge in [-0.3, -0.25) is 4.79 Å². The number of nitrogens with zero attached hydrogens (tertiary/aromatic N) is 1. The predicted octanol–water partition coefficient (Wildman–Crippen LogP) is 1.33. The second-order valence-corrected chi connectivity index (χ2v) is 4.76. The van der Waals surface area contributed by atoms with Gasteiger partial charge in [-0.2, -0.15) is 0 Å². The van der Waals surface area contributed by atoms with Crippen LogP contribution in [0, 0.1) is 0 Å². The molecule has 0 spiro atoms. The molecule has 1 aliphatic rings. The minimum atomic E-state index is -1.52. The van der Waals surface area contributed by atoms with Crippen LogP contribution in [-0.2, 0) is 5.72 Å². The van der Waals surface area contributed by atoms with Gasteiger partial charge in [-0.05, 0) is 6.07 Å². The standard InChI is InChI=1S/C16H15NO3/c18-11-10-17-15(19)13-8-4-5-9-14(13)16(17,20)12-6-2-1-3-7-12/h1-9,18,20H,10-11H2. The van der Waals surface area contributed by atoms with E-state index < -0.39 is 5.72 Å². The summed E-state index contributed by atoms with van der Waals surface area (Å²) >= 11 is 0. The third-order valence-electron chi connectivity index (χ3n) is 3.67. The predicted molar refractivity (Wildman–Crippen MR) is 74.0 cm³/mol. The molecule has 1 unspecified atom stereocenters. The number of aliphatic hydroxyl groups is 2. The Morgan fingerprint density at radius 2 is 1.65 bits per heavy atom. The lowest BCUT2D eigenvalue weighted by atomic mass is 9.94. The zero-order chi connectivity index (χ0) is 14.2. The summed E-state index contributed by atoms with van der Waals surface area (Å²) in [4.78, 5) is 13.7. The van der Waals surface area contributed by atoms with Crippen LogP contribution in [0.2, 0.25) is 0 Å². The van der Waals surface area contributed by atoms with E-state index in [4.69, 9.17) is 0 Å². The van der Waals surface area contributed by atoms with Gasteiger partial charge >= 0.3 is 0 Å². The van der Waals surface area contributed by atoms with Gasteiger partial charge in [0.15, 0.2) is 5.72 Å². The van der Waals surface area contributed by atoms with Gasteiger partial charge in [0.25, 0.3) is 5.91 Å². The number of aliphatic hydroxyl groups excluding tert-OH is 1. The van der Waals surface area contributed by atoms with E-state index in [1.54, 1.807) is 36.4 Å². The summed E-state index contributed by atoms with van der Waals surface area (Å²) in [5.74, 6) is -0.263. The molecule has 2 aromatic rings. The summed E-state index contributed by atoms with van der Waals surface area (Å²) in [6.45, 7) is -0.117. The van der Waals surface area contributed by atoms with E-state index in [1.165, 1.54) is 4.90 Å². The molecule has 0 saturated carbocycles. The minimum Gasteiger partial charge on any atom is -0.395 e. The number of β-amino-alcohol motifs (C(OH)–C–C–N with tert-alkyl or cyclic N) is 1. The third-order valence-corrected chi connectivity index (χ3v) is 3.67. The van der Waals surface area contributed by atoms with E-state index in [0.717, 1.165) is 0 Å². The van der Waals surface area contributed by atoms with Crippen molar-refractivity contribution in [1.82, 2.24) is 4.90 Å². The molecule has 4 heteroatoms. The van der Waals surface area contributed by atoms with Crippen molar-refractivity contribution >= 4 is 5.91 Å². The van der Waals surface area contributed by atoms with E-state index in [-0.39, 0.29) is 19.1 Å². The van der Waals surface area contributed by atoms with E-state index in [1.807, 2.05) is 18.2 Å². The number of hydrogen-bond acceptors (Lipinski definition) is 3. The van der Waals surface area contributed by atoms with Gasteiger partial charge in [0.1, 0.15) is 0 Å². The highest BCUT2D eigenvalue weighted by Gasteiger charge is 2.49. The number of rotatable bonds is 3. The van der Waals surface area contributed by atoms with Crippen molar-refractivity contribution < 1.29 is 15.0 Å². The molecule has 1 heterocycles. The summed E-state index contributed by atoms with van der Waals surface area (Å²) in [6, 6.07) is 16.0. The van der Waals surface area contributed by atoms with Gasteiger partial charge in [0, 0.05) is 23.2 Å². The molecule has 0 bridgehead atoms. The summed E-state index contributed by atoms with van der Waals surface area (Å²) in [6.07, 6.45) is 0. The minimum absolute atomic E-state index is 0.0822. The van der Waals surface area contributed by atoms with E-state index in [2.05, 4.69) is 0 Å². The van der Waals surface area contributed by atoms with Crippen molar-refractivity contribution in [1.29, 1.82) is 0 Å². The van der Waals surface area contributed by atoms with Gasteiger partial charge in [-0.15, -0.1) is 0 Å². The van der Waals surface area contributed by atoms with Gasteiger partial charge in [0.2, 0.25) is 0 Å². The SMILES string of the molecule is O=C1c2ccccc2C(O)(c2ccccc2)N1CCO. The normalized spacial score (nSPS) is 21.1. The molecule has 3 rings (SSSR count). The molecular weight excluding hydrogens is 254 g/mol. The smallest absolute Gasteiger partial charge is 0.257 e. The Kier molecular flexibility index (Phi) is 3.04. The second-order valence-electron chi connectivity index (χ2n) is 4.76. The Morgan fingerprint density at radius 3 is 2.35 bits per heavy atom. The molecule has 1 aliphatic heterocycles. The van der Waals surface area contributed by atoms with Crippen LogP contribution >= 0.6 is 0 Å². The Balaban J connectivity index is 2.22. The maximum absolute atomic E-state index is 12.4. The fourth-order valence-corrected chi connectivity index (χ4v) is 2.76. The molecule has 0 saturated heterocycles. The molecule has 102 valence electrons. The maximum Gasteiger partial charge on any atom is 0.257 e. The van der Waals surface area contributed by atoms with Crippen LogP contribution in [0.25, 0.3) is 0 Å². The Hall–Kier alpha value is -2.17. The first-order chi connectivity index (χ1) is 9.69. The number of fused-ring (bicyclic) bond motifs is 1. The molecule has 0 aromatic heterocycles. The molecule has 20 heavy (non-hydrogen) atoms. The highest BCUT2D eigenvalue weighted by atomic mass is 16.3. The van der Waals surface area contributed by atoms with Gasteiger partial charge < -0.3 is 15.1 Å². The monoisotopic (exact) mass is 269 g/mol. The molecular formula is C16H15NO3. The molecule has 4 nitrogen and oxygen atoms in total. The first-order valence-corrected chi connectivity index (χ1v) is 6.50. The van der Waals surface area contributed by atoms with Gasteiger partial charge in [0.05, 0.1) is 6.61 Å². The quantitative estimate of drug-likeness (QED) is 0.883. The zero-order valence-electron chi connectivity index (χ0n) is 10.9. The first-order valence-electron chi connectivity index (χ1n) is 6.50. The topological polar surface area (TPSA) is 60.8 Å². The Labute approximate surface area is 116 Å². The lowest BCUT2D eigenvalue weighted by Crippen LogP contribution is -2.46. The number of amides is 1. The Bertz CT molecular complexity index is 641. The van der Waals surface area contributed by atoms with E-state index in [9.17, 15) is 15.0 Å². The van der Waals surface area contributed by atoms with Crippen LogP contribution in [0.3, 0.4) is 0 Å². The largest absolute Gasteiger partial charge is 0.395 e. The van der Waals surface area contributed by atoms with Crippen molar-refractivity contribution in [2.75, 3.05) is 13.2 Å². The summed E-state index contributed by atoms with van der Waals surface area (Å²) in [7, 11) is 0. The molecule has 1 amide bonds. The van der Waals surface area contributed by atoms with Crippen LogP contribution in [0.1, 0.15) is 21.5 Å². The van der Waals surface area contributed by atoms with E-state index >= 15 is 0 Å². The van der Waals surface area contributed by atoms with Crippen molar-refractivity contribution in [3.05, 3.63) is 71.3 Å².